The molecule has 1 fully saturated rings. The summed E-state index contributed by atoms with van der Waals surface area (Å²) in [5, 5.41) is 2.90. The Morgan fingerprint density at radius 3 is 2.52 bits per heavy atom. The number of carbonyl (C=O) groups excluding carboxylic acids is 2. The van der Waals surface area contributed by atoms with Crippen molar-refractivity contribution >= 4 is 11.8 Å². The lowest BCUT2D eigenvalue weighted by Crippen LogP contribution is -2.52. The fraction of sp³-hybridized carbons (Fsp3) is 0.250. The van der Waals surface area contributed by atoms with Crippen molar-refractivity contribution in [3.8, 4) is 11.8 Å². The third-order valence-electron chi connectivity index (χ3n) is 5.26. The molecule has 3 rings (SSSR count). The first kappa shape index (κ1) is 20.3. The van der Waals surface area contributed by atoms with Crippen molar-refractivity contribution in [2.45, 2.75) is 18.3 Å². The Labute approximate surface area is 170 Å². The molecular formula is C24H23FN2O2. The standard InChI is InChI=1S/C24H23FN2O2/c1-2-22(28)27-16-13-24(14-17-27,20-10-4-3-5-11-20)23(29)26-15-7-9-19-8-6-12-21(25)18-19/h2-6,8,10-12,18H,1,13-17H2,(H,26,29). The second-order valence-corrected chi connectivity index (χ2v) is 6.97. The summed E-state index contributed by atoms with van der Waals surface area (Å²) in [4.78, 5) is 26.8. The number of nitrogens with one attached hydrogen (secondary N) is 1. The highest BCUT2D eigenvalue weighted by molar-refractivity contribution is 5.90. The van der Waals surface area contributed by atoms with Crippen LogP contribution in [0.5, 0.6) is 0 Å². The molecule has 0 atom stereocenters. The van der Waals surface area contributed by atoms with Crippen LogP contribution in [0.25, 0.3) is 0 Å². The molecule has 29 heavy (non-hydrogen) atoms. The van der Waals surface area contributed by atoms with Gasteiger partial charge in [-0.25, -0.2) is 4.39 Å². The molecule has 5 heteroatoms. The Bertz CT molecular complexity index is 952. The molecule has 0 bridgehead atoms. The van der Waals surface area contributed by atoms with Crippen LogP contribution in [0, 0.1) is 17.7 Å². The summed E-state index contributed by atoms with van der Waals surface area (Å²) in [7, 11) is 0. The van der Waals surface area contributed by atoms with E-state index in [4.69, 9.17) is 0 Å². The minimum absolute atomic E-state index is 0.108. The predicted molar refractivity (Wildman–Crippen MR) is 110 cm³/mol. The van der Waals surface area contributed by atoms with E-state index in [1.807, 2.05) is 30.3 Å². The smallest absolute Gasteiger partial charge is 0.245 e. The van der Waals surface area contributed by atoms with Gasteiger partial charge in [-0.3, -0.25) is 9.59 Å². The molecular weight excluding hydrogens is 367 g/mol. The zero-order chi connectivity index (χ0) is 20.7. The molecule has 4 nitrogen and oxygen atoms in total. The number of likely N-dealkylation sites (tertiary alicyclic amines) is 1. The minimum atomic E-state index is -0.709. The highest BCUT2D eigenvalue weighted by Gasteiger charge is 2.43. The van der Waals surface area contributed by atoms with Gasteiger partial charge in [0.05, 0.1) is 12.0 Å². The molecule has 0 spiro atoms. The van der Waals surface area contributed by atoms with E-state index in [0.717, 1.165) is 5.56 Å². The van der Waals surface area contributed by atoms with Crippen LogP contribution in [-0.2, 0) is 15.0 Å². The monoisotopic (exact) mass is 390 g/mol. The van der Waals surface area contributed by atoms with Crippen LogP contribution in [-0.4, -0.2) is 36.3 Å². The van der Waals surface area contributed by atoms with E-state index in [1.54, 1.807) is 17.0 Å². The average molecular weight is 390 g/mol. The number of halogens is 1. The number of carbonyl (C=O) groups is 2. The lowest BCUT2D eigenvalue weighted by molar-refractivity contribution is -0.133. The van der Waals surface area contributed by atoms with E-state index in [-0.39, 0.29) is 24.2 Å². The molecule has 1 N–H and O–H groups in total. The van der Waals surface area contributed by atoms with Gasteiger partial charge >= 0.3 is 0 Å². The number of hydrogen-bond acceptors (Lipinski definition) is 2. The Morgan fingerprint density at radius 1 is 1.14 bits per heavy atom. The Hall–Kier alpha value is -3.39. The Kier molecular flexibility index (Phi) is 6.46. The van der Waals surface area contributed by atoms with Crippen LogP contribution in [0.3, 0.4) is 0 Å². The molecule has 2 aromatic rings. The van der Waals surface area contributed by atoms with Crippen LogP contribution in [0.15, 0.2) is 67.3 Å². The maximum absolute atomic E-state index is 13.2. The van der Waals surface area contributed by atoms with Crippen LogP contribution in [0.1, 0.15) is 24.0 Å². The van der Waals surface area contributed by atoms with Gasteiger partial charge in [-0.05, 0) is 42.7 Å². The lowest BCUT2D eigenvalue weighted by atomic mass is 9.72. The van der Waals surface area contributed by atoms with Crippen molar-refractivity contribution in [2.24, 2.45) is 0 Å². The van der Waals surface area contributed by atoms with E-state index in [1.165, 1.54) is 18.2 Å². The summed E-state index contributed by atoms with van der Waals surface area (Å²) in [5.41, 5.74) is 0.786. The SMILES string of the molecule is C=CC(=O)N1CCC(C(=O)NCC#Cc2cccc(F)c2)(c2ccccc2)CC1. The molecule has 2 aromatic carbocycles. The third kappa shape index (κ3) is 4.72. The van der Waals surface area contributed by atoms with Crippen molar-refractivity contribution in [2.75, 3.05) is 19.6 Å². The topological polar surface area (TPSA) is 49.4 Å². The number of rotatable bonds is 4. The number of benzene rings is 2. The van der Waals surface area contributed by atoms with Gasteiger partial charge in [0.15, 0.2) is 0 Å². The normalized spacial score (nSPS) is 15.0. The van der Waals surface area contributed by atoms with Gasteiger partial charge in [0.1, 0.15) is 5.82 Å². The third-order valence-corrected chi connectivity index (χ3v) is 5.26. The van der Waals surface area contributed by atoms with Crippen LogP contribution >= 0.6 is 0 Å². The van der Waals surface area contributed by atoms with Crippen LogP contribution in [0.2, 0.25) is 0 Å². The van der Waals surface area contributed by atoms with Gasteiger partial charge in [-0.2, -0.15) is 0 Å². The summed E-state index contributed by atoms with van der Waals surface area (Å²) >= 11 is 0. The largest absolute Gasteiger partial charge is 0.344 e. The molecule has 1 heterocycles. The van der Waals surface area contributed by atoms with E-state index in [0.29, 0.717) is 31.5 Å². The maximum atomic E-state index is 13.2. The van der Waals surface area contributed by atoms with Gasteiger partial charge in [-0.15, -0.1) is 0 Å². The molecule has 1 aliphatic heterocycles. The zero-order valence-corrected chi connectivity index (χ0v) is 16.2. The van der Waals surface area contributed by atoms with Crippen LogP contribution < -0.4 is 5.32 Å². The quantitative estimate of drug-likeness (QED) is 0.644. The van der Waals surface area contributed by atoms with Crippen molar-refractivity contribution in [1.29, 1.82) is 0 Å². The molecule has 0 unspecified atom stereocenters. The molecule has 148 valence electrons. The lowest BCUT2D eigenvalue weighted by Gasteiger charge is -2.40. The molecule has 0 aromatic heterocycles. The maximum Gasteiger partial charge on any atom is 0.245 e. The van der Waals surface area contributed by atoms with E-state index >= 15 is 0 Å². The van der Waals surface area contributed by atoms with Crippen molar-refractivity contribution in [1.82, 2.24) is 10.2 Å². The number of amides is 2. The highest BCUT2D eigenvalue weighted by atomic mass is 19.1. The summed E-state index contributed by atoms with van der Waals surface area (Å²) in [6.07, 6.45) is 2.36. The average Bonchev–Trinajstić information content (AvgIpc) is 2.76. The number of nitrogens with zero attached hydrogens (tertiary/aromatic N) is 1. The molecule has 2 amide bonds. The van der Waals surface area contributed by atoms with Gasteiger partial charge in [0.25, 0.3) is 0 Å². The van der Waals surface area contributed by atoms with Crippen molar-refractivity contribution in [3.63, 3.8) is 0 Å². The molecule has 1 saturated heterocycles. The minimum Gasteiger partial charge on any atom is -0.344 e. The molecule has 0 aliphatic carbocycles. The first-order chi connectivity index (χ1) is 14.0. The second-order valence-electron chi connectivity index (χ2n) is 6.97. The summed E-state index contributed by atoms with van der Waals surface area (Å²) in [5.74, 6) is 5.17. The Balaban J connectivity index is 1.73. The van der Waals surface area contributed by atoms with E-state index < -0.39 is 5.41 Å². The van der Waals surface area contributed by atoms with Crippen molar-refractivity contribution < 1.29 is 14.0 Å². The molecule has 0 saturated carbocycles. The predicted octanol–water partition coefficient (Wildman–Crippen LogP) is 3.04. The number of piperidine rings is 1. The highest BCUT2D eigenvalue weighted by Crippen LogP contribution is 2.36. The Morgan fingerprint density at radius 2 is 1.86 bits per heavy atom. The van der Waals surface area contributed by atoms with E-state index in [2.05, 4.69) is 23.7 Å². The molecule has 0 radical (unpaired) electrons. The van der Waals surface area contributed by atoms with Gasteiger partial charge in [0, 0.05) is 18.7 Å². The number of hydrogen-bond donors (Lipinski definition) is 1. The zero-order valence-electron chi connectivity index (χ0n) is 16.2. The first-order valence-corrected chi connectivity index (χ1v) is 9.55. The first-order valence-electron chi connectivity index (χ1n) is 9.55. The summed E-state index contributed by atoms with van der Waals surface area (Å²) < 4.78 is 13.2. The molecule has 1 aliphatic rings. The fourth-order valence-corrected chi connectivity index (χ4v) is 3.65. The fourth-order valence-electron chi connectivity index (χ4n) is 3.65. The van der Waals surface area contributed by atoms with Gasteiger partial charge in [-0.1, -0.05) is 54.8 Å². The second kappa shape index (κ2) is 9.20. The van der Waals surface area contributed by atoms with Crippen molar-refractivity contribution in [3.05, 3.63) is 84.2 Å². The van der Waals surface area contributed by atoms with Crippen LogP contribution in [0.4, 0.5) is 4.39 Å². The van der Waals surface area contributed by atoms with Gasteiger partial charge in [0.2, 0.25) is 11.8 Å². The van der Waals surface area contributed by atoms with E-state index in [9.17, 15) is 14.0 Å². The summed E-state index contributed by atoms with van der Waals surface area (Å²) in [6.45, 7) is 4.68. The van der Waals surface area contributed by atoms with Gasteiger partial charge < -0.3 is 10.2 Å². The summed E-state index contributed by atoms with van der Waals surface area (Å²) in [6, 6.07) is 15.7.